The van der Waals surface area contributed by atoms with Crippen molar-refractivity contribution in [3.05, 3.63) is 52.5 Å². The van der Waals surface area contributed by atoms with E-state index in [9.17, 15) is 19.2 Å². The molecule has 1 aliphatic rings. The maximum absolute atomic E-state index is 12.5. The summed E-state index contributed by atoms with van der Waals surface area (Å²) in [6.45, 7) is -0.532. The summed E-state index contributed by atoms with van der Waals surface area (Å²) in [7, 11) is 2.98. The predicted octanol–water partition coefficient (Wildman–Crippen LogP) is 1.82. The normalized spacial score (nSPS) is 15.1. The number of hydrogen-bond donors (Lipinski definition) is 2. The molecule has 1 heterocycles. The largest absolute Gasteiger partial charge is 0.497 e. The molecular weight excluding hydrogens is 498 g/mol. The lowest BCUT2D eigenvalue weighted by Crippen LogP contribution is -2.43. The Morgan fingerprint density at radius 1 is 1.06 bits per heavy atom. The van der Waals surface area contributed by atoms with Gasteiger partial charge in [-0.15, -0.1) is 0 Å². The first-order chi connectivity index (χ1) is 15.8. The zero-order valence-corrected chi connectivity index (χ0v) is 19.5. The number of ether oxygens (including phenoxy) is 3. The van der Waals surface area contributed by atoms with Crippen molar-refractivity contribution in [3.63, 3.8) is 0 Å². The minimum absolute atomic E-state index is 0.0683. The van der Waals surface area contributed by atoms with E-state index >= 15 is 0 Å². The van der Waals surface area contributed by atoms with Gasteiger partial charge < -0.3 is 19.1 Å². The highest BCUT2D eigenvalue weighted by Gasteiger charge is 2.37. The lowest BCUT2D eigenvalue weighted by atomic mass is 10.1. The second kappa shape index (κ2) is 10.8. The molecule has 2 aromatic rings. The maximum atomic E-state index is 12.5. The van der Waals surface area contributed by atoms with Crippen molar-refractivity contribution in [2.45, 2.75) is 6.42 Å². The van der Waals surface area contributed by atoms with Gasteiger partial charge in [-0.05, 0) is 36.4 Å². The molecule has 0 aliphatic carbocycles. The maximum Gasteiger partial charge on any atom is 0.311 e. The third kappa shape index (κ3) is 6.01. The monoisotopic (exact) mass is 519 g/mol. The molecule has 1 fully saturated rings. The Balaban J connectivity index is 1.51. The summed E-state index contributed by atoms with van der Waals surface area (Å²) in [5, 5.41) is 0. The Hall–Kier alpha value is -3.60. The number of nitrogens with zero attached hydrogens (tertiary/aromatic N) is 1. The lowest BCUT2D eigenvalue weighted by molar-refractivity contribution is -0.152. The molecule has 0 unspecified atom stereocenters. The Bertz CT molecular complexity index is 1060. The van der Waals surface area contributed by atoms with Crippen molar-refractivity contribution < 1.29 is 33.4 Å². The molecule has 0 radical (unpaired) electrons. The van der Waals surface area contributed by atoms with E-state index in [1.54, 1.807) is 42.5 Å². The molecule has 11 heteroatoms. The van der Waals surface area contributed by atoms with Crippen LogP contribution >= 0.6 is 15.9 Å². The number of benzene rings is 2. The summed E-state index contributed by atoms with van der Waals surface area (Å²) in [5.41, 5.74) is 5.23. The van der Waals surface area contributed by atoms with Gasteiger partial charge in [0.25, 0.3) is 11.8 Å². The van der Waals surface area contributed by atoms with Gasteiger partial charge >= 0.3 is 5.97 Å². The number of carbonyl (C=O) groups excluding carboxylic acids is 4. The van der Waals surface area contributed by atoms with Gasteiger partial charge in [-0.2, -0.15) is 0 Å². The summed E-state index contributed by atoms with van der Waals surface area (Å²) in [6, 6.07) is 11.5. The van der Waals surface area contributed by atoms with Crippen LogP contribution in [-0.4, -0.2) is 51.1 Å². The number of nitrogens with one attached hydrogen (secondary N) is 2. The minimum atomic E-state index is -0.751. The topological polar surface area (TPSA) is 123 Å². The van der Waals surface area contributed by atoms with Gasteiger partial charge in [0.15, 0.2) is 6.61 Å². The van der Waals surface area contributed by atoms with Gasteiger partial charge in [-0.25, -0.2) is 0 Å². The third-order valence-corrected chi connectivity index (χ3v) is 5.43. The first kappa shape index (κ1) is 24.1. The Morgan fingerprint density at radius 2 is 1.79 bits per heavy atom. The van der Waals surface area contributed by atoms with Crippen LogP contribution in [0.1, 0.15) is 16.8 Å². The second-order valence-corrected chi connectivity index (χ2v) is 7.98. The number of amides is 3. The molecular formula is C22H22BrN3O7. The van der Waals surface area contributed by atoms with Gasteiger partial charge in [-0.3, -0.25) is 30.0 Å². The average molecular weight is 520 g/mol. The molecule has 1 saturated heterocycles. The van der Waals surface area contributed by atoms with Gasteiger partial charge in [0, 0.05) is 29.1 Å². The molecule has 0 spiro atoms. The molecule has 174 valence electrons. The predicted molar refractivity (Wildman–Crippen MR) is 121 cm³/mol. The number of hydrazine groups is 1. The zero-order valence-electron chi connectivity index (χ0n) is 17.9. The van der Waals surface area contributed by atoms with Crippen LogP contribution in [0.15, 0.2) is 46.9 Å². The summed E-state index contributed by atoms with van der Waals surface area (Å²) in [5.74, 6) is -1.98. The van der Waals surface area contributed by atoms with Crippen LogP contribution in [0.3, 0.4) is 0 Å². The number of halogens is 1. The molecule has 3 rings (SSSR count). The van der Waals surface area contributed by atoms with Crippen molar-refractivity contribution >= 4 is 45.3 Å². The molecule has 2 aromatic carbocycles. The number of esters is 1. The van der Waals surface area contributed by atoms with E-state index < -0.39 is 30.3 Å². The molecule has 10 nitrogen and oxygen atoms in total. The summed E-state index contributed by atoms with van der Waals surface area (Å²) >= 11 is 3.27. The van der Waals surface area contributed by atoms with Crippen LogP contribution in [-0.2, 0) is 19.1 Å². The van der Waals surface area contributed by atoms with Crippen LogP contribution in [0.4, 0.5) is 5.69 Å². The van der Waals surface area contributed by atoms with Gasteiger partial charge in [0.05, 0.1) is 25.8 Å². The van der Waals surface area contributed by atoms with E-state index in [4.69, 9.17) is 14.2 Å². The van der Waals surface area contributed by atoms with Crippen molar-refractivity contribution in [1.82, 2.24) is 10.9 Å². The first-order valence-electron chi connectivity index (χ1n) is 9.86. The number of rotatable bonds is 7. The average Bonchev–Trinajstić information content (AvgIpc) is 3.22. The summed E-state index contributed by atoms with van der Waals surface area (Å²) < 4.78 is 16.4. The van der Waals surface area contributed by atoms with Crippen LogP contribution in [0.25, 0.3) is 0 Å². The number of hydrogen-bond acceptors (Lipinski definition) is 7. The third-order valence-electron chi connectivity index (χ3n) is 4.90. The van der Waals surface area contributed by atoms with Crippen LogP contribution < -0.4 is 25.2 Å². The Labute approximate surface area is 198 Å². The fourth-order valence-electron chi connectivity index (χ4n) is 3.20. The quantitative estimate of drug-likeness (QED) is 0.422. The molecule has 1 atom stereocenters. The Kier molecular flexibility index (Phi) is 7.88. The van der Waals surface area contributed by atoms with E-state index in [2.05, 4.69) is 26.8 Å². The smallest absolute Gasteiger partial charge is 0.311 e. The highest BCUT2D eigenvalue weighted by molar-refractivity contribution is 9.10. The SMILES string of the molecule is COc1ccc(OC)c(N2C[C@@H](C(=O)OCC(=O)NNC(=O)c3ccc(Br)cc3)CC2=O)c1. The minimum Gasteiger partial charge on any atom is -0.497 e. The second-order valence-electron chi connectivity index (χ2n) is 7.06. The van der Waals surface area contributed by atoms with Crippen molar-refractivity contribution in [2.75, 3.05) is 32.3 Å². The van der Waals surface area contributed by atoms with E-state index in [-0.39, 0.29) is 18.9 Å². The van der Waals surface area contributed by atoms with Crippen LogP contribution in [0, 0.1) is 5.92 Å². The zero-order chi connectivity index (χ0) is 24.0. The van der Waals surface area contributed by atoms with Gasteiger partial charge in [0.1, 0.15) is 11.5 Å². The molecule has 1 aliphatic heterocycles. The molecule has 33 heavy (non-hydrogen) atoms. The highest BCUT2D eigenvalue weighted by Crippen LogP contribution is 2.36. The molecule has 0 saturated carbocycles. The summed E-state index contributed by atoms with van der Waals surface area (Å²) in [6.07, 6.45) is -0.0683. The number of anilines is 1. The molecule has 2 N–H and O–H groups in total. The number of methoxy groups -OCH3 is 2. The molecule has 3 amide bonds. The van der Waals surface area contributed by atoms with Crippen LogP contribution in [0.2, 0.25) is 0 Å². The van der Waals surface area contributed by atoms with E-state index in [0.717, 1.165) is 4.47 Å². The van der Waals surface area contributed by atoms with Gasteiger partial charge in [-0.1, -0.05) is 15.9 Å². The van der Waals surface area contributed by atoms with Crippen molar-refractivity contribution in [2.24, 2.45) is 5.92 Å². The van der Waals surface area contributed by atoms with E-state index in [1.165, 1.54) is 19.1 Å². The van der Waals surface area contributed by atoms with Crippen LogP contribution in [0.5, 0.6) is 11.5 Å². The van der Waals surface area contributed by atoms with Crippen molar-refractivity contribution in [1.29, 1.82) is 0 Å². The van der Waals surface area contributed by atoms with Gasteiger partial charge in [0.2, 0.25) is 5.91 Å². The lowest BCUT2D eigenvalue weighted by Gasteiger charge is -2.20. The fraction of sp³-hybridized carbons (Fsp3) is 0.273. The highest BCUT2D eigenvalue weighted by atomic mass is 79.9. The fourth-order valence-corrected chi connectivity index (χ4v) is 3.46. The summed E-state index contributed by atoms with van der Waals surface area (Å²) in [4.78, 5) is 50.3. The first-order valence-corrected chi connectivity index (χ1v) is 10.7. The molecule has 0 bridgehead atoms. The standard InChI is InChI=1S/C22H22BrN3O7/c1-31-16-7-8-18(32-2)17(10-16)26-11-14(9-20(26)28)22(30)33-12-19(27)24-25-21(29)13-3-5-15(23)6-4-13/h3-8,10,14H,9,11-12H2,1-2H3,(H,24,27)(H,25,29)/t14-/m0/s1. The van der Waals surface area contributed by atoms with E-state index in [0.29, 0.717) is 22.7 Å². The molecule has 0 aromatic heterocycles. The van der Waals surface area contributed by atoms with E-state index in [1.807, 2.05) is 0 Å². The number of carbonyl (C=O) groups is 4. The Morgan fingerprint density at radius 3 is 2.45 bits per heavy atom. The van der Waals surface area contributed by atoms with Crippen molar-refractivity contribution in [3.8, 4) is 11.5 Å².